The van der Waals surface area contributed by atoms with Crippen LogP contribution in [0.2, 0.25) is 0 Å². The molecule has 90 valence electrons. The van der Waals surface area contributed by atoms with Crippen LogP contribution in [-0.4, -0.2) is 18.1 Å². The zero-order valence-corrected chi connectivity index (χ0v) is 10.8. The number of hydrogen-bond donors (Lipinski definition) is 1. The van der Waals surface area contributed by atoms with Gasteiger partial charge in [0.2, 0.25) is 0 Å². The van der Waals surface area contributed by atoms with Gasteiger partial charge in [0, 0.05) is 12.7 Å². The van der Waals surface area contributed by atoms with Crippen LogP contribution in [0.25, 0.3) is 0 Å². The zero-order chi connectivity index (χ0) is 12.1. The molecule has 17 heavy (non-hydrogen) atoms. The number of ether oxygens (including phenoxy) is 1. The Labute approximate surface area is 108 Å². The molecule has 0 aliphatic rings. The number of hydrogen-bond acceptors (Lipinski definition) is 4. The van der Waals surface area contributed by atoms with E-state index in [2.05, 4.69) is 20.9 Å². The van der Waals surface area contributed by atoms with Crippen molar-refractivity contribution in [3.8, 4) is 5.75 Å². The minimum atomic E-state index is 0.0431. The molecule has 0 aliphatic heterocycles. The topological polar surface area (TPSA) is 61.3 Å². The van der Waals surface area contributed by atoms with Gasteiger partial charge in [-0.15, -0.1) is 0 Å². The highest BCUT2D eigenvalue weighted by molar-refractivity contribution is 9.10. The van der Waals surface area contributed by atoms with Crippen molar-refractivity contribution < 1.29 is 9.15 Å². The molecule has 2 N–H and O–H groups in total. The van der Waals surface area contributed by atoms with Crippen LogP contribution in [0, 0.1) is 0 Å². The molecular weight excluding hydrogens is 284 g/mol. The third kappa shape index (κ3) is 3.31. The van der Waals surface area contributed by atoms with Crippen molar-refractivity contribution >= 4 is 15.9 Å². The van der Waals surface area contributed by atoms with Crippen molar-refractivity contribution in [3.63, 3.8) is 0 Å². The van der Waals surface area contributed by atoms with Crippen LogP contribution < -0.4 is 10.5 Å². The minimum absolute atomic E-state index is 0.0431. The highest BCUT2D eigenvalue weighted by Gasteiger charge is 2.14. The van der Waals surface area contributed by atoms with Gasteiger partial charge in [-0.05, 0) is 40.2 Å². The maximum Gasteiger partial charge on any atom is 0.169 e. The van der Waals surface area contributed by atoms with Crippen LogP contribution >= 0.6 is 15.9 Å². The van der Waals surface area contributed by atoms with Crippen molar-refractivity contribution in [3.05, 3.63) is 47.1 Å². The molecule has 1 atom stereocenters. The molecule has 0 saturated heterocycles. The van der Waals surface area contributed by atoms with Crippen LogP contribution in [0.3, 0.4) is 0 Å². The fourth-order valence-corrected chi connectivity index (χ4v) is 1.76. The van der Waals surface area contributed by atoms with E-state index in [1.54, 1.807) is 12.4 Å². The second-order valence-corrected chi connectivity index (χ2v) is 4.36. The number of nitrogens with two attached hydrogens (primary N) is 1. The van der Waals surface area contributed by atoms with Gasteiger partial charge in [-0.1, -0.05) is 0 Å². The second kappa shape index (κ2) is 5.84. The largest absolute Gasteiger partial charge is 0.491 e. The summed E-state index contributed by atoms with van der Waals surface area (Å²) in [5, 5.41) is 0. The molecule has 2 heterocycles. The zero-order valence-electron chi connectivity index (χ0n) is 9.17. The first-order valence-electron chi connectivity index (χ1n) is 5.27. The molecule has 0 aromatic carbocycles. The summed E-state index contributed by atoms with van der Waals surface area (Å²) in [5.74, 6) is 1.60. The van der Waals surface area contributed by atoms with Gasteiger partial charge in [0.1, 0.15) is 11.5 Å². The summed E-state index contributed by atoms with van der Waals surface area (Å²) in [6.45, 7) is 0.947. The Morgan fingerprint density at radius 2 is 2.29 bits per heavy atom. The van der Waals surface area contributed by atoms with Gasteiger partial charge in [0.25, 0.3) is 0 Å². The Hall–Kier alpha value is -1.33. The van der Waals surface area contributed by atoms with Crippen molar-refractivity contribution in [1.29, 1.82) is 0 Å². The standard InChI is InChI=1S/C12H13BrN2O2/c13-12-4-3-11(17-12)9(6-14)8-16-10-2-1-5-15-7-10/h1-5,7,9H,6,8,14H2. The van der Waals surface area contributed by atoms with Gasteiger partial charge in [-0.25, -0.2) is 0 Å². The van der Waals surface area contributed by atoms with E-state index in [1.165, 1.54) is 0 Å². The Kier molecular flexibility index (Phi) is 4.17. The lowest BCUT2D eigenvalue weighted by Crippen LogP contribution is -2.19. The third-order valence-electron chi connectivity index (χ3n) is 2.37. The number of aromatic nitrogens is 1. The van der Waals surface area contributed by atoms with Crippen LogP contribution in [0.1, 0.15) is 11.7 Å². The first kappa shape index (κ1) is 12.1. The number of furan rings is 1. The summed E-state index contributed by atoms with van der Waals surface area (Å²) in [6.07, 6.45) is 3.38. The maximum absolute atomic E-state index is 5.71. The average Bonchev–Trinajstić information content (AvgIpc) is 2.78. The Balaban J connectivity index is 1.97. The van der Waals surface area contributed by atoms with Crippen molar-refractivity contribution in [2.24, 2.45) is 5.73 Å². The van der Waals surface area contributed by atoms with E-state index in [4.69, 9.17) is 14.9 Å². The number of rotatable bonds is 5. The van der Waals surface area contributed by atoms with Crippen LogP contribution in [0.4, 0.5) is 0 Å². The Morgan fingerprint density at radius 3 is 2.88 bits per heavy atom. The van der Waals surface area contributed by atoms with Crippen molar-refractivity contribution in [2.75, 3.05) is 13.2 Å². The van der Waals surface area contributed by atoms with Gasteiger partial charge in [-0.3, -0.25) is 4.98 Å². The van der Waals surface area contributed by atoms with Crippen LogP contribution in [-0.2, 0) is 0 Å². The fraction of sp³-hybridized carbons (Fsp3) is 0.250. The predicted octanol–water partition coefficient (Wildman–Crippen LogP) is 2.56. The summed E-state index contributed by atoms with van der Waals surface area (Å²) in [4.78, 5) is 3.98. The van der Waals surface area contributed by atoms with E-state index in [1.807, 2.05) is 24.3 Å². The SMILES string of the molecule is NCC(COc1cccnc1)c1ccc(Br)o1. The van der Waals surface area contributed by atoms with Crippen LogP contribution in [0.5, 0.6) is 5.75 Å². The fourth-order valence-electron chi connectivity index (χ4n) is 1.44. The molecule has 0 saturated carbocycles. The second-order valence-electron chi connectivity index (χ2n) is 3.57. The number of nitrogens with zero attached hydrogens (tertiary/aromatic N) is 1. The lowest BCUT2D eigenvalue weighted by atomic mass is 10.1. The molecular formula is C12H13BrN2O2. The highest BCUT2D eigenvalue weighted by Crippen LogP contribution is 2.22. The normalized spacial score (nSPS) is 12.4. The first-order chi connectivity index (χ1) is 8.29. The Morgan fingerprint density at radius 1 is 1.41 bits per heavy atom. The summed E-state index contributed by atoms with van der Waals surface area (Å²) in [5.41, 5.74) is 5.71. The van der Waals surface area contributed by atoms with E-state index < -0.39 is 0 Å². The maximum atomic E-state index is 5.71. The minimum Gasteiger partial charge on any atom is -0.491 e. The quantitative estimate of drug-likeness (QED) is 0.921. The average molecular weight is 297 g/mol. The Bertz CT molecular complexity index is 459. The molecule has 5 heteroatoms. The molecule has 0 fully saturated rings. The molecule has 2 aromatic heterocycles. The summed E-state index contributed by atoms with van der Waals surface area (Å²) < 4.78 is 11.8. The summed E-state index contributed by atoms with van der Waals surface area (Å²) in [7, 11) is 0. The monoisotopic (exact) mass is 296 g/mol. The van der Waals surface area contributed by atoms with E-state index in [0.29, 0.717) is 17.8 Å². The molecule has 0 spiro atoms. The highest BCUT2D eigenvalue weighted by atomic mass is 79.9. The molecule has 0 aliphatic carbocycles. The van der Waals surface area contributed by atoms with Gasteiger partial charge >= 0.3 is 0 Å². The lowest BCUT2D eigenvalue weighted by molar-refractivity contribution is 0.270. The molecule has 0 radical (unpaired) electrons. The molecule has 4 nitrogen and oxygen atoms in total. The summed E-state index contributed by atoms with van der Waals surface area (Å²) in [6, 6.07) is 7.44. The summed E-state index contributed by atoms with van der Waals surface area (Å²) >= 11 is 3.27. The van der Waals surface area contributed by atoms with Crippen molar-refractivity contribution in [2.45, 2.75) is 5.92 Å². The molecule has 1 unspecified atom stereocenters. The smallest absolute Gasteiger partial charge is 0.169 e. The van der Waals surface area contributed by atoms with Gasteiger partial charge in [0.15, 0.2) is 4.67 Å². The number of halogens is 1. The van der Waals surface area contributed by atoms with Gasteiger partial charge in [-0.2, -0.15) is 0 Å². The molecule has 0 amide bonds. The van der Waals surface area contributed by atoms with Crippen molar-refractivity contribution in [1.82, 2.24) is 4.98 Å². The van der Waals surface area contributed by atoms with E-state index >= 15 is 0 Å². The van der Waals surface area contributed by atoms with Crippen LogP contribution in [0.15, 0.2) is 45.7 Å². The van der Waals surface area contributed by atoms with E-state index in [9.17, 15) is 0 Å². The van der Waals surface area contributed by atoms with Gasteiger partial charge in [0.05, 0.1) is 18.7 Å². The van der Waals surface area contributed by atoms with E-state index in [0.717, 1.165) is 11.5 Å². The molecule has 2 aromatic rings. The first-order valence-corrected chi connectivity index (χ1v) is 6.07. The number of pyridine rings is 1. The molecule has 2 rings (SSSR count). The molecule has 0 bridgehead atoms. The third-order valence-corrected chi connectivity index (χ3v) is 2.79. The predicted molar refractivity (Wildman–Crippen MR) is 67.9 cm³/mol. The van der Waals surface area contributed by atoms with E-state index in [-0.39, 0.29) is 5.92 Å². The van der Waals surface area contributed by atoms with Gasteiger partial charge < -0.3 is 14.9 Å². The lowest BCUT2D eigenvalue weighted by Gasteiger charge is -2.13.